The van der Waals surface area contributed by atoms with E-state index in [4.69, 9.17) is 4.74 Å². The number of rotatable bonds is 4. The summed E-state index contributed by atoms with van der Waals surface area (Å²) in [7, 11) is 1.36. The molecule has 1 unspecified atom stereocenters. The smallest absolute Gasteiger partial charge is 0.324 e. The molecule has 3 rings (SSSR count). The highest BCUT2D eigenvalue weighted by Gasteiger charge is 2.35. The Morgan fingerprint density at radius 3 is 2.08 bits per heavy atom. The van der Waals surface area contributed by atoms with E-state index in [0.29, 0.717) is 19.6 Å². The van der Waals surface area contributed by atoms with Gasteiger partial charge in [-0.05, 0) is 35.4 Å². The number of hydrogen-bond donors (Lipinski definition) is 1. The van der Waals surface area contributed by atoms with Crippen molar-refractivity contribution in [2.24, 2.45) is 0 Å². The summed E-state index contributed by atoms with van der Waals surface area (Å²) in [5.74, 6) is -0.987. The van der Waals surface area contributed by atoms with Crippen molar-refractivity contribution in [2.45, 2.75) is 12.1 Å². The van der Waals surface area contributed by atoms with E-state index in [1.165, 1.54) is 31.4 Å². The average molecular weight is 346 g/mol. The quantitative estimate of drug-likeness (QED) is 0.864. The number of piperazine rings is 1. The summed E-state index contributed by atoms with van der Waals surface area (Å²) in [5, 5.41) is 3.19. The number of benzene rings is 2. The van der Waals surface area contributed by atoms with Crippen LogP contribution in [0.1, 0.15) is 17.2 Å². The molecule has 1 N–H and O–H groups in total. The van der Waals surface area contributed by atoms with Gasteiger partial charge in [-0.15, -0.1) is 0 Å². The van der Waals surface area contributed by atoms with Crippen molar-refractivity contribution in [1.82, 2.24) is 10.2 Å². The molecule has 1 heterocycles. The van der Waals surface area contributed by atoms with Crippen LogP contribution in [0.4, 0.5) is 8.78 Å². The van der Waals surface area contributed by atoms with Gasteiger partial charge in [-0.3, -0.25) is 9.69 Å². The van der Waals surface area contributed by atoms with Crippen molar-refractivity contribution >= 4 is 5.97 Å². The topological polar surface area (TPSA) is 41.6 Å². The van der Waals surface area contributed by atoms with Gasteiger partial charge in [0.05, 0.1) is 13.2 Å². The second kappa shape index (κ2) is 7.72. The van der Waals surface area contributed by atoms with E-state index < -0.39 is 6.04 Å². The average Bonchev–Trinajstić information content (AvgIpc) is 2.65. The molecule has 2 aromatic carbocycles. The number of halogens is 2. The van der Waals surface area contributed by atoms with Crippen molar-refractivity contribution in [3.63, 3.8) is 0 Å². The number of carbonyl (C=O) groups is 1. The summed E-state index contributed by atoms with van der Waals surface area (Å²) in [4.78, 5) is 14.2. The Morgan fingerprint density at radius 1 is 1.08 bits per heavy atom. The van der Waals surface area contributed by atoms with Gasteiger partial charge in [-0.25, -0.2) is 8.78 Å². The predicted molar refractivity (Wildman–Crippen MR) is 90.0 cm³/mol. The van der Waals surface area contributed by atoms with Gasteiger partial charge in [0.1, 0.15) is 17.7 Å². The van der Waals surface area contributed by atoms with E-state index in [1.807, 2.05) is 4.90 Å². The number of esters is 1. The number of methoxy groups -OCH3 is 1. The summed E-state index contributed by atoms with van der Waals surface area (Å²) in [6.45, 7) is 1.79. The second-order valence-electron chi connectivity index (χ2n) is 5.99. The molecule has 0 aliphatic carbocycles. The molecule has 0 amide bonds. The van der Waals surface area contributed by atoms with Crippen LogP contribution in [0.2, 0.25) is 0 Å². The molecule has 1 aliphatic rings. The van der Waals surface area contributed by atoms with Crippen LogP contribution in [0, 0.1) is 11.6 Å². The zero-order valence-electron chi connectivity index (χ0n) is 13.9. The third kappa shape index (κ3) is 3.86. The highest BCUT2D eigenvalue weighted by molar-refractivity contribution is 5.76. The van der Waals surface area contributed by atoms with E-state index in [-0.39, 0.29) is 23.6 Å². The maximum absolute atomic E-state index is 13.4. The van der Waals surface area contributed by atoms with Crippen molar-refractivity contribution < 1.29 is 18.3 Å². The third-order valence-electron chi connectivity index (χ3n) is 4.46. The molecule has 132 valence electrons. The molecule has 1 saturated heterocycles. The summed E-state index contributed by atoms with van der Waals surface area (Å²) >= 11 is 0. The largest absolute Gasteiger partial charge is 0.468 e. The predicted octanol–water partition coefficient (Wildman–Crippen LogP) is 2.50. The lowest BCUT2D eigenvalue weighted by Gasteiger charge is -2.40. The van der Waals surface area contributed by atoms with Crippen LogP contribution in [0.3, 0.4) is 0 Å². The molecule has 2 aromatic rings. The van der Waals surface area contributed by atoms with Crippen molar-refractivity contribution in [1.29, 1.82) is 0 Å². The zero-order valence-corrected chi connectivity index (χ0v) is 13.9. The van der Waals surface area contributed by atoms with Gasteiger partial charge in [0, 0.05) is 19.6 Å². The number of hydrogen-bond acceptors (Lipinski definition) is 4. The molecule has 1 aliphatic heterocycles. The van der Waals surface area contributed by atoms with E-state index in [2.05, 4.69) is 5.32 Å². The van der Waals surface area contributed by atoms with Gasteiger partial charge in [0.2, 0.25) is 0 Å². The molecule has 25 heavy (non-hydrogen) atoms. The van der Waals surface area contributed by atoms with Gasteiger partial charge >= 0.3 is 5.97 Å². The van der Waals surface area contributed by atoms with Gasteiger partial charge in [-0.1, -0.05) is 24.3 Å². The van der Waals surface area contributed by atoms with Crippen LogP contribution in [0.15, 0.2) is 48.5 Å². The third-order valence-corrected chi connectivity index (χ3v) is 4.46. The monoisotopic (exact) mass is 346 g/mol. The first kappa shape index (κ1) is 17.5. The van der Waals surface area contributed by atoms with Gasteiger partial charge in [-0.2, -0.15) is 0 Å². The number of carbonyl (C=O) groups excluding carboxylic acids is 1. The Kier molecular flexibility index (Phi) is 5.40. The minimum Gasteiger partial charge on any atom is -0.468 e. The standard InChI is InChI=1S/C19H20F2N2O2/c1-25-19(24)17-12-22-10-11-23(17)18(13-2-6-15(20)7-3-13)14-4-8-16(21)9-5-14/h2-9,17-18,22H,10-12H2,1H3. The van der Waals surface area contributed by atoms with Gasteiger partial charge in [0.15, 0.2) is 0 Å². The van der Waals surface area contributed by atoms with Crippen molar-refractivity contribution in [3.05, 3.63) is 71.3 Å². The number of nitrogens with one attached hydrogen (secondary N) is 1. The lowest BCUT2D eigenvalue weighted by atomic mass is 9.94. The van der Waals surface area contributed by atoms with E-state index >= 15 is 0 Å². The number of ether oxygens (including phenoxy) is 1. The fraction of sp³-hybridized carbons (Fsp3) is 0.316. The Labute approximate surface area is 145 Å². The van der Waals surface area contributed by atoms with E-state index in [1.54, 1.807) is 24.3 Å². The molecule has 6 heteroatoms. The Bertz CT molecular complexity index is 674. The minimum atomic E-state index is -0.473. The Hall–Kier alpha value is -2.31. The van der Waals surface area contributed by atoms with Crippen molar-refractivity contribution in [2.75, 3.05) is 26.7 Å². The SMILES string of the molecule is COC(=O)C1CNCCN1C(c1ccc(F)cc1)c1ccc(F)cc1. The molecule has 0 bridgehead atoms. The van der Waals surface area contributed by atoms with Crippen LogP contribution in [0.25, 0.3) is 0 Å². The van der Waals surface area contributed by atoms with Crippen LogP contribution in [-0.4, -0.2) is 43.7 Å². The van der Waals surface area contributed by atoms with E-state index in [0.717, 1.165) is 11.1 Å². The van der Waals surface area contributed by atoms with Crippen LogP contribution in [0.5, 0.6) is 0 Å². The second-order valence-corrected chi connectivity index (χ2v) is 5.99. The van der Waals surface area contributed by atoms with Gasteiger partial charge < -0.3 is 10.1 Å². The highest BCUT2D eigenvalue weighted by Crippen LogP contribution is 2.31. The maximum Gasteiger partial charge on any atom is 0.324 e. The molecule has 4 nitrogen and oxygen atoms in total. The fourth-order valence-electron chi connectivity index (χ4n) is 3.25. The lowest BCUT2D eigenvalue weighted by Crippen LogP contribution is -2.56. The molecule has 0 radical (unpaired) electrons. The summed E-state index contributed by atoms with van der Waals surface area (Å²) < 4.78 is 31.7. The van der Waals surface area contributed by atoms with Gasteiger partial charge in [0.25, 0.3) is 0 Å². The lowest BCUT2D eigenvalue weighted by molar-refractivity contribution is -0.148. The summed E-state index contributed by atoms with van der Waals surface area (Å²) in [6, 6.07) is 11.6. The Morgan fingerprint density at radius 2 is 1.60 bits per heavy atom. The molecule has 0 saturated carbocycles. The molecular formula is C19H20F2N2O2. The van der Waals surface area contributed by atoms with Crippen LogP contribution in [-0.2, 0) is 9.53 Å². The summed E-state index contributed by atoms with van der Waals surface area (Å²) in [6.07, 6.45) is 0. The first-order chi connectivity index (χ1) is 12.1. The first-order valence-corrected chi connectivity index (χ1v) is 8.15. The maximum atomic E-state index is 13.4. The van der Waals surface area contributed by atoms with Crippen LogP contribution >= 0.6 is 0 Å². The molecule has 0 aromatic heterocycles. The molecule has 1 atom stereocenters. The summed E-state index contributed by atoms with van der Waals surface area (Å²) in [5.41, 5.74) is 1.67. The number of nitrogens with zero attached hydrogens (tertiary/aromatic N) is 1. The first-order valence-electron chi connectivity index (χ1n) is 8.15. The van der Waals surface area contributed by atoms with E-state index in [9.17, 15) is 13.6 Å². The molecule has 0 spiro atoms. The molecule has 1 fully saturated rings. The highest BCUT2D eigenvalue weighted by atomic mass is 19.1. The zero-order chi connectivity index (χ0) is 17.8. The normalized spacial score (nSPS) is 18.3. The molecular weight excluding hydrogens is 326 g/mol. The Balaban J connectivity index is 2.04. The minimum absolute atomic E-state index is 0.299. The van der Waals surface area contributed by atoms with Crippen LogP contribution < -0.4 is 5.32 Å². The fourth-order valence-corrected chi connectivity index (χ4v) is 3.25. The van der Waals surface area contributed by atoms with Crippen molar-refractivity contribution in [3.8, 4) is 0 Å².